The molecule has 2 N–H and O–H groups in total. The number of fused-ring (bicyclic) bond motifs is 1. The molecule has 0 radical (unpaired) electrons. The van der Waals surface area contributed by atoms with Crippen molar-refractivity contribution in [2.75, 3.05) is 6.54 Å². The number of amides is 1. The number of hydrogen-bond acceptors (Lipinski definition) is 4. The van der Waals surface area contributed by atoms with E-state index in [0.29, 0.717) is 18.5 Å². The van der Waals surface area contributed by atoms with Gasteiger partial charge in [0.1, 0.15) is 12.2 Å². The summed E-state index contributed by atoms with van der Waals surface area (Å²) in [6.45, 7) is 0.701. The Hall–Kier alpha value is -3.54. The van der Waals surface area contributed by atoms with Gasteiger partial charge in [0.15, 0.2) is 0 Å². The highest BCUT2D eigenvalue weighted by Gasteiger charge is 2.10. The summed E-state index contributed by atoms with van der Waals surface area (Å²) in [4.78, 5) is 22.6. The molecule has 0 aliphatic heterocycles. The molecule has 3 aromatic rings. The van der Waals surface area contributed by atoms with Gasteiger partial charge in [0.2, 0.25) is 5.76 Å². The predicted molar refractivity (Wildman–Crippen MR) is 101 cm³/mol. The summed E-state index contributed by atoms with van der Waals surface area (Å²) in [6, 6.07) is 16.4. The minimum atomic E-state index is -1.09. The van der Waals surface area contributed by atoms with Crippen LogP contribution in [0.5, 0.6) is 0 Å². The van der Waals surface area contributed by atoms with Gasteiger partial charge in [-0.15, -0.1) is 0 Å². The van der Waals surface area contributed by atoms with Gasteiger partial charge in [-0.25, -0.2) is 9.59 Å². The number of carbonyl (C=O) groups excluding carboxylic acids is 1. The third-order valence-corrected chi connectivity index (χ3v) is 3.85. The largest absolute Gasteiger partial charge is 0.475 e. The number of rotatable bonds is 7. The number of benzene rings is 2. The minimum absolute atomic E-state index is 0.0793. The molecule has 0 atom stereocenters. The van der Waals surface area contributed by atoms with Crippen molar-refractivity contribution < 1.29 is 23.8 Å². The number of alkyl carbamates (subject to hydrolysis) is 1. The van der Waals surface area contributed by atoms with Crippen LogP contribution in [-0.4, -0.2) is 23.7 Å². The molecule has 27 heavy (non-hydrogen) atoms. The van der Waals surface area contributed by atoms with Crippen molar-refractivity contribution in [2.24, 2.45) is 0 Å². The molecule has 6 nitrogen and oxygen atoms in total. The molecule has 0 aliphatic rings. The molecule has 0 saturated heterocycles. The van der Waals surface area contributed by atoms with Crippen LogP contribution >= 0.6 is 0 Å². The monoisotopic (exact) mass is 365 g/mol. The third kappa shape index (κ3) is 5.22. The molecule has 2 aromatic carbocycles. The summed E-state index contributed by atoms with van der Waals surface area (Å²) in [6.07, 6.45) is 4.03. The Bertz CT molecular complexity index is 959. The van der Waals surface area contributed by atoms with E-state index in [2.05, 4.69) is 5.32 Å². The molecule has 138 valence electrons. The second kappa shape index (κ2) is 8.71. The van der Waals surface area contributed by atoms with Crippen molar-refractivity contribution in [2.45, 2.75) is 13.0 Å². The average molecular weight is 365 g/mol. The van der Waals surface area contributed by atoms with Crippen molar-refractivity contribution in [3.05, 3.63) is 77.6 Å². The Balaban J connectivity index is 1.43. The average Bonchev–Trinajstić information content (AvgIpc) is 3.11. The Labute approximate surface area is 156 Å². The van der Waals surface area contributed by atoms with Crippen LogP contribution in [0, 0.1) is 0 Å². The van der Waals surface area contributed by atoms with E-state index < -0.39 is 12.1 Å². The van der Waals surface area contributed by atoms with E-state index in [1.165, 1.54) is 6.07 Å². The second-order valence-electron chi connectivity index (χ2n) is 5.89. The van der Waals surface area contributed by atoms with E-state index in [0.717, 1.165) is 16.5 Å². The molecule has 1 aromatic heterocycles. The first-order valence-corrected chi connectivity index (χ1v) is 8.50. The molecule has 0 bridgehead atoms. The van der Waals surface area contributed by atoms with Crippen molar-refractivity contribution in [1.82, 2.24) is 5.32 Å². The molecular formula is C21H19NO5. The lowest BCUT2D eigenvalue weighted by molar-refractivity contribution is 0.0665. The normalized spacial score (nSPS) is 11.0. The van der Waals surface area contributed by atoms with E-state index in [4.69, 9.17) is 14.3 Å². The zero-order chi connectivity index (χ0) is 19.1. The lowest BCUT2D eigenvalue weighted by Gasteiger charge is -2.05. The fourth-order valence-electron chi connectivity index (χ4n) is 2.52. The van der Waals surface area contributed by atoms with Crippen molar-refractivity contribution >= 4 is 29.1 Å². The van der Waals surface area contributed by atoms with Crippen LogP contribution in [0.2, 0.25) is 0 Å². The van der Waals surface area contributed by atoms with Gasteiger partial charge in [0, 0.05) is 11.9 Å². The van der Waals surface area contributed by atoms with Crippen LogP contribution in [0.1, 0.15) is 28.1 Å². The maximum absolute atomic E-state index is 11.6. The quantitative estimate of drug-likeness (QED) is 0.604. The smallest absolute Gasteiger partial charge is 0.407 e. The first kappa shape index (κ1) is 18.3. The lowest BCUT2D eigenvalue weighted by atomic mass is 10.1. The Morgan fingerprint density at radius 2 is 1.93 bits per heavy atom. The van der Waals surface area contributed by atoms with Crippen molar-refractivity contribution in [3.63, 3.8) is 0 Å². The number of carboxylic acids is 1. The summed E-state index contributed by atoms with van der Waals surface area (Å²) in [7, 11) is 0. The van der Waals surface area contributed by atoms with Gasteiger partial charge in [0.05, 0.1) is 0 Å². The molecule has 0 saturated carbocycles. The number of carboxylic acid groups (broad SMARTS) is 1. The van der Waals surface area contributed by atoms with E-state index in [9.17, 15) is 9.59 Å². The van der Waals surface area contributed by atoms with Crippen LogP contribution in [0.4, 0.5) is 4.79 Å². The van der Waals surface area contributed by atoms with Gasteiger partial charge >= 0.3 is 12.1 Å². The summed E-state index contributed by atoms with van der Waals surface area (Å²) in [5.41, 5.74) is 2.40. The molecule has 3 rings (SSSR count). The van der Waals surface area contributed by atoms with E-state index >= 15 is 0 Å². The molecule has 1 amide bonds. The Kier molecular flexibility index (Phi) is 5.89. The van der Waals surface area contributed by atoms with Crippen LogP contribution < -0.4 is 5.32 Å². The zero-order valence-corrected chi connectivity index (χ0v) is 14.6. The predicted octanol–water partition coefficient (Wildman–Crippen LogP) is 4.46. The highest BCUT2D eigenvalue weighted by molar-refractivity contribution is 5.92. The molecule has 0 fully saturated rings. The molecule has 1 heterocycles. The van der Waals surface area contributed by atoms with E-state index in [1.807, 2.05) is 54.6 Å². The molecular weight excluding hydrogens is 346 g/mol. The summed E-state index contributed by atoms with van der Waals surface area (Å²) >= 11 is 0. The summed E-state index contributed by atoms with van der Waals surface area (Å²) in [5.74, 6) is -1.17. The second-order valence-corrected chi connectivity index (χ2v) is 5.89. The maximum Gasteiger partial charge on any atom is 0.407 e. The summed E-state index contributed by atoms with van der Waals surface area (Å²) in [5, 5.41) is 12.4. The van der Waals surface area contributed by atoms with Crippen molar-refractivity contribution in [1.29, 1.82) is 0 Å². The topological polar surface area (TPSA) is 88.8 Å². The highest BCUT2D eigenvalue weighted by Crippen LogP contribution is 2.21. The van der Waals surface area contributed by atoms with Gasteiger partial charge in [-0.2, -0.15) is 0 Å². The highest BCUT2D eigenvalue weighted by atomic mass is 16.5. The molecule has 0 spiro atoms. The van der Waals surface area contributed by atoms with Gasteiger partial charge in [0.25, 0.3) is 0 Å². The first-order chi connectivity index (χ1) is 13.1. The van der Waals surface area contributed by atoms with E-state index in [-0.39, 0.29) is 12.4 Å². The van der Waals surface area contributed by atoms with Gasteiger partial charge < -0.3 is 19.6 Å². The number of furan rings is 1. The maximum atomic E-state index is 11.6. The van der Waals surface area contributed by atoms with E-state index in [1.54, 1.807) is 6.07 Å². The number of aromatic carboxylic acids is 1. The van der Waals surface area contributed by atoms with Crippen LogP contribution in [-0.2, 0) is 11.3 Å². The minimum Gasteiger partial charge on any atom is -0.475 e. The first-order valence-electron chi connectivity index (χ1n) is 8.50. The molecule has 0 aliphatic carbocycles. The Morgan fingerprint density at radius 3 is 2.70 bits per heavy atom. The fraction of sp³-hybridized carbons (Fsp3) is 0.143. The van der Waals surface area contributed by atoms with Crippen LogP contribution in [0.25, 0.3) is 17.0 Å². The fourth-order valence-corrected chi connectivity index (χ4v) is 2.52. The van der Waals surface area contributed by atoms with Gasteiger partial charge in [-0.3, -0.25) is 0 Å². The van der Waals surface area contributed by atoms with Crippen molar-refractivity contribution in [3.8, 4) is 0 Å². The molecule has 6 heteroatoms. The van der Waals surface area contributed by atoms with Crippen LogP contribution in [0.3, 0.4) is 0 Å². The Morgan fingerprint density at radius 1 is 1.11 bits per heavy atom. The third-order valence-electron chi connectivity index (χ3n) is 3.85. The zero-order valence-electron chi connectivity index (χ0n) is 14.6. The number of ether oxygens (including phenoxy) is 1. The SMILES string of the molecule is O=C(NCCC=Cc1ccc2oc(C(=O)O)cc2c1)OCc1ccccc1. The molecule has 0 unspecified atom stereocenters. The van der Waals surface area contributed by atoms with Gasteiger partial charge in [-0.05, 0) is 35.7 Å². The summed E-state index contributed by atoms with van der Waals surface area (Å²) < 4.78 is 10.4. The standard InChI is InChI=1S/C21H19NO5/c23-20(24)19-13-17-12-15(9-10-18(17)27-19)6-4-5-11-22-21(25)26-14-16-7-2-1-3-8-16/h1-4,6-10,12-13H,5,11,14H2,(H,22,25)(H,23,24). The van der Waals surface area contributed by atoms with Gasteiger partial charge in [-0.1, -0.05) is 48.6 Å². The number of carbonyl (C=O) groups is 2. The van der Waals surface area contributed by atoms with Crippen LogP contribution in [0.15, 0.2) is 65.1 Å². The number of nitrogens with one attached hydrogen (secondary N) is 1. The lowest BCUT2D eigenvalue weighted by Crippen LogP contribution is -2.24. The number of hydrogen-bond donors (Lipinski definition) is 2.